The van der Waals surface area contributed by atoms with Crippen LogP contribution in [0.4, 0.5) is 0 Å². The Morgan fingerprint density at radius 3 is 2.64 bits per heavy atom. The number of rotatable bonds is 4. The number of carbonyl (C=O) groups is 1. The summed E-state index contributed by atoms with van der Waals surface area (Å²) < 4.78 is 5.30. The third-order valence-corrected chi connectivity index (χ3v) is 2.57. The molecule has 0 aromatic rings. The largest absolute Gasteiger partial charge is 0.462 e. The van der Waals surface area contributed by atoms with E-state index in [1.165, 1.54) is 0 Å². The maximum atomic E-state index is 11.3. The van der Waals surface area contributed by atoms with Crippen molar-refractivity contribution in [3.05, 3.63) is 12.7 Å². The molecule has 80 valence electrons. The summed E-state index contributed by atoms with van der Waals surface area (Å²) in [7, 11) is 0. The standard InChI is InChI=1S/C11H19NO2/c1-2-3-4-11(13)14-10-7-5-9(12)6-8-10/h2,9-10H,1,3-8,12H2. The van der Waals surface area contributed by atoms with Gasteiger partial charge in [0.05, 0.1) is 0 Å². The van der Waals surface area contributed by atoms with Gasteiger partial charge in [-0.15, -0.1) is 6.58 Å². The van der Waals surface area contributed by atoms with Gasteiger partial charge in [-0.05, 0) is 32.1 Å². The van der Waals surface area contributed by atoms with Gasteiger partial charge in [-0.1, -0.05) is 6.08 Å². The van der Waals surface area contributed by atoms with Gasteiger partial charge >= 0.3 is 5.97 Å². The smallest absolute Gasteiger partial charge is 0.306 e. The van der Waals surface area contributed by atoms with Crippen molar-refractivity contribution in [2.45, 2.75) is 50.7 Å². The van der Waals surface area contributed by atoms with Gasteiger partial charge in [-0.2, -0.15) is 0 Å². The Balaban J connectivity index is 2.17. The molecule has 0 unspecified atom stereocenters. The highest BCUT2D eigenvalue weighted by atomic mass is 16.5. The van der Waals surface area contributed by atoms with Crippen LogP contribution in [0.5, 0.6) is 0 Å². The van der Waals surface area contributed by atoms with Gasteiger partial charge in [0.2, 0.25) is 0 Å². The fraction of sp³-hybridized carbons (Fsp3) is 0.727. The Labute approximate surface area is 85.3 Å². The highest BCUT2D eigenvalue weighted by molar-refractivity contribution is 5.69. The number of nitrogens with two attached hydrogens (primary N) is 1. The molecule has 3 heteroatoms. The summed E-state index contributed by atoms with van der Waals surface area (Å²) in [5, 5.41) is 0. The Bertz CT molecular complexity index is 195. The van der Waals surface area contributed by atoms with E-state index in [0.29, 0.717) is 18.9 Å². The average Bonchev–Trinajstić information content (AvgIpc) is 2.18. The Morgan fingerprint density at radius 1 is 1.43 bits per heavy atom. The second-order valence-electron chi connectivity index (χ2n) is 3.85. The van der Waals surface area contributed by atoms with Crippen LogP contribution in [-0.2, 0) is 9.53 Å². The summed E-state index contributed by atoms with van der Waals surface area (Å²) in [6, 6.07) is 0.304. The first-order chi connectivity index (χ1) is 6.72. The zero-order chi connectivity index (χ0) is 10.4. The molecule has 0 bridgehead atoms. The molecule has 2 N–H and O–H groups in total. The van der Waals surface area contributed by atoms with Crippen molar-refractivity contribution in [2.24, 2.45) is 5.73 Å². The monoisotopic (exact) mass is 197 g/mol. The van der Waals surface area contributed by atoms with E-state index in [4.69, 9.17) is 10.5 Å². The fourth-order valence-electron chi connectivity index (χ4n) is 1.67. The molecule has 0 aromatic carbocycles. The van der Waals surface area contributed by atoms with Crippen molar-refractivity contribution >= 4 is 5.97 Å². The topological polar surface area (TPSA) is 52.3 Å². The molecule has 0 aromatic heterocycles. The van der Waals surface area contributed by atoms with Crippen LogP contribution < -0.4 is 5.73 Å². The molecule has 0 heterocycles. The van der Waals surface area contributed by atoms with Crippen LogP contribution in [0.2, 0.25) is 0 Å². The third-order valence-electron chi connectivity index (χ3n) is 2.57. The van der Waals surface area contributed by atoms with Crippen LogP contribution in [0.3, 0.4) is 0 Å². The lowest BCUT2D eigenvalue weighted by Gasteiger charge is -2.25. The minimum Gasteiger partial charge on any atom is -0.462 e. The predicted octanol–water partition coefficient (Wildman–Crippen LogP) is 1.77. The SMILES string of the molecule is C=CCCC(=O)OC1CCC(N)CC1. The van der Waals surface area contributed by atoms with Crippen molar-refractivity contribution in [1.82, 2.24) is 0 Å². The van der Waals surface area contributed by atoms with Crippen molar-refractivity contribution in [3.8, 4) is 0 Å². The summed E-state index contributed by atoms with van der Waals surface area (Å²) in [5.41, 5.74) is 5.75. The van der Waals surface area contributed by atoms with Crippen LogP contribution in [0, 0.1) is 0 Å². The van der Waals surface area contributed by atoms with Crippen LogP contribution in [0.15, 0.2) is 12.7 Å². The summed E-state index contributed by atoms with van der Waals surface area (Å²) in [6.45, 7) is 3.57. The molecule has 1 aliphatic carbocycles. The molecule has 1 rings (SSSR count). The van der Waals surface area contributed by atoms with E-state index in [1.54, 1.807) is 6.08 Å². The molecule has 0 radical (unpaired) electrons. The van der Waals surface area contributed by atoms with E-state index in [1.807, 2.05) is 0 Å². The normalized spacial score (nSPS) is 26.9. The second kappa shape index (κ2) is 5.81. The molecule has 0 saturated heterocycles. The Morgan fingerprint density at radius 2 is 2.07 bits per heavy atom. The van der Waals surface area contributed by atoms with Crippen molar-refractivity contribution in [1.29, 1.82) is 0 Å². The average molecular weight is 197 g/mol. The molecule has 3 nitrogen and oxygen atoms in total. The first kappa shape index (κ1) is 11.2. The maximum absolute atomic E-state index is 11.3. The van der Waals surface area contributed by atoms with Crippen LogP contribution in [0.1, 0.15) is 38.5 Å². The summed E-state index contributed by atoms with van der Waals surface area (Å²) >= 11 is 0. The molecule has 14 heavy (non-hydrogen) atoms. The van der Waals surface area contributed by atoms with Crippen molar-refractivity contribution in [2.75, 3.05) is 0 Å². The van der Waals surface area contributed by atoms with Gasteiger partial charge in [0.15, 0.2) is 0 Å². The summed E-state index contributed by atoms with van der Waals surface area (Å²) in [5.74, 6) is -0.106. The molecular weight excluding hydrogens is 178 g/mol. The first-order valence-electron chi connectivity index (χ1n) is 5.28. The van der Waals surface area contributed by atoms with E-state index in [0.717, 1.165) is 25.7 Å². The first-order valence-corrected chi connectivity index (χ1v) is 5.28. The molecule has 0 amide bonds. The molecule has 1 aliphatic rings. The highest BCUT2D eigenvalue weighted by Crippen LogP contribution is 2.20. The lowest BCUT2D eigenvalue weighted by Crippen LogP contribution is -2.31. The highest BCUT2D eigenvalue weighted by Gasteiger charge is 2.21. The van der Waals surface area contributed by atoms with Gasteiger partial charge in [-0.3, -0.25) is 4.79 Å². The number of ether oxygens (including phenoxy) is 1. The van der Waals surface area contributed by atoms with Gasteiger partial charge in [0, 0.05) is 12.5 Å². The molecule has 0 aliphatic heterocycles. The predicted molar refractivity (Wildman–Crippen MR) is 55.8 cm³/mol. The molecule has 1 saturated carbocycles. The van der Waals surface area contributed by atoms with E-state index >= 15 is 0 Å². The molecule has 0 spiro atoms. The van der Waals surface area contributed by atoms with Crippen molar-refractivity contribution < 1.29 is 9.53 Å². The van der Waals surface area contributed by atoms with E-state index in [-0.39, 0.29) is 12.1 Å². The minimum atomic E-state index is -0.106. The number of carbonyl (C=O) groups excluding carboxylic acids is 1. The summed E-state index contributed by atoms with van der Waals surface area (Å²) in [6.07, 6.45) is 6.77. The van der Waals surface area contributed by atoms with Crippen LogP contribution >= 0.6 is 0 Å². The van der Waals surface area contributed by atoms with E-state index in [2.05, 4.69) is 6.58 Å². The maximum Gasteiger partial charge on any atom is 0.306 e. The van der Waals surface area contributed by atoms with Gasteiger partial charge in [0.25, 0.3) is 0 Å². The number of hydrogen-bond donors (Lipinski definition) is 1. The number of allylic oxidation sites excluding steroid dienone is 1. The Hall–Kier alpha value is -0.830. The fourth-order valence-corrected chi connectivity index (χ4v) is 1.67. The lowest BCUT2D eigenvalue weighted by atomic mass is 9.94. The van der Waals surface area contributed by atoms with Crippen LogP contribution in [0.25, 0.3) is 0 Å². The van der Waals surface area contributed by atoms with Gasteiger partial charge in [-0.25, -0.2) is 0 Å². The van der Waals surface area contributed by atoms with Crippen molar-refractivity contribution in [3.63, 3.8) is 0 Å². The molecule has 1 fully saturated rings. The van der Waals surface area contributed by atoms with Gasteiger partial charge in [0.1, 0.15) is 6.10 Å². The minimum absolute atomic E-state index is 0.104. The van der Waals surface area contributed by atoms with E-state index in [9.17, 15) is 4.79 Å². The zero-order valence-electron chi connectivity index (χ0n) is 8.58. The van der Waals surface area contributed by atoms with E-state index < -0.39 is 0 Å². The molecule has 0 atom stereocenters. The lowest BCUT2D eigenvalue weighted by molar-refractivity contribution is -0.150. The van der Waals surface area contributed by atoms with Crippen LogP contribution in [-0.4, -0.2) is 18.1 Å². The summed E-state index contributed by atoms with van der Waals surface area (Å²) in [4.78, 5) is 11.3. The number of esters is 1. The Kier molecular flexibility index (Phi) is 4.66. The van der Waals surface area contributed by atoms with Gasteiger partial charge < -0.3 is 10.5 Å². The zero-order valence-corrected chi connectivity index (χ0v) is 8.58. The molecular formula is C11H19NO2. The number of hydrogen-bond acceptors (Lipinski definition) is 3. The second-order valence-corrected chi connectivity index (χ2v) is 3.85. The quantitative estimate of drug-likeness (QED) is 0.552. The third kappa shape index (κ3) is 3.92.